The topological polar surface area (TPSA) is 46.5 Å². The van der Waals surface area contributed by atoms with Crippen molar-refractivity contribution in [2.75, 3.05) is 33.3 Å². The monoisotopic (exact) mass is 290 g/mol. The van der Waals surface area contributed by atoms with Crippen LogP contribution < -0.4 is 0 Å². The first-order valence-corrected chi connectivity index (χ1v) is 6.84. The van der Waals surface area contributed by atoms with Gasteiger partial charge in [0, 0.05) is 17.5 Å². The van der Waals surface area contributed by atoms with Gasteiger partial charge in [-0.05, 0) is 19.9 Å². The Kier molecular flexibility index (Phi) is 8.72. The highest BCUT2D eigenvalue weighted by atomic mass is 35.5. The van der Waals surface area contributed by atoms with Crippen LogP contribution in [0, 0.1) is 0 Å². The number of aliphatic hydroxyl groups excluding tert-OH is 1. The molecule has 0 aromatic carbocycles. The van der Waals surface area contributed by atoms with Crippen molar-refractivity contribution in [1.82, 2.24) is 0 Å². The smallest absolute Gasteiger partial charge is 0.333 e. The van der Waals surface area contributed by atoms with Crippen LogP contribution in [0.1, 0.15) is 20.3 Å². The Labute approximate surface area is 120 Å². The van der Waals surface area contributed by atoms with Gasteiger partial charge in [0.05, 0.1) is 26.2 Å². The lowest BCUT2D eigenvalue weighted by atomic mass is 10.2. The molecule has 0 spiro atoms. The number of aliphatic hydroxyl groups is 1. The number of quaternary nitrogens is 1. The number of carbonyl (C=O) groups excluding carboxylic acids is 1. The molecule has 0 aliphatic carbocycles. The first-order chi connectivity index (χ1) is 8.80. The second-order valence-electron chi connectivity index (χ2n) is 5.16. The van der Waals surface area contributed by atoms with E-state index in [2.05, 4.69) is 6.58 Å². The molecular formula is C14H25ClNO3+. The molecule has 0 bridgehead atoms. The summed E-state index contributed by atoms with van der Waals surface area (Å²) in [5.41, 5.74) is 1.89. The first-order valence-electron chi connectivity index (χ1n) is 6.40. The van der Waals surface area contributed by atoms with Crippen molar-refractivity contribution in [2.24, 2.45) is 0 Å². The molecule has 4 nitrogen and oxygen atoms in total. The van der Waals surface area contributed by atoms with Crippen LogP contribution in [0.4, 0.5) is 0 Å². The van der Waals surface area contributed by atoms with Gasteiger partial charge < -0.3 is 14.3 Å². The van der Waals surface area contributed by atoms with E-state index >= 15 is 0 Å². The predicted octanol–water partition coefficient (Wildman–Crippen LogP) is 2.08. The molecule has 0 aliphatic rings. The minimum absolute atomic E-state index is 0.331. The van der Waals surface area contributed by atoms with Crippen LogP contribution >= 0.6 is 11.6 Å². The van der Waals surface area contributed by atoms with E-state index in [0.717, 1.165) is 13.1 Å². The van der Waals surface area contributed by atoms with E-state index in [1.54, 1.807) is 13.8 Å². The highest BCUT2D eigenvalue weighted by molar-refractivity contribution is 6.25. The van der Waals surface area contributed by atoms with E-state index in [9.17, 15) is 9.90 Å². The van der Waals surface area contributed by atoms with E-state index in [-0.39, 0.29) is 12.1 Å². The van der Waals surface area contributed by atoms with Crippen molar-refractivity contribution in [1.29, 1.82) is 0 Å². The third-order valence-electron chi connectivity index (χ3n) is 2.93. The summed E-state index contributed by atoms with van der Waals surface area (Å²) >= 11 is 5.56. The minimum atomic E-state index is -0.366. The predicted molar refractivity (Wildman–Crippen MR) is 77.8 cm³/mol. The van der Waals surface area contributed by atoms with Gasteiger partial charge in [0.15, 0.2) is 0 Å². The maximum Gasteiger partial charge on any atom is 0.333 e. The Bertz CT molecular complexity index is 329. The fourth-order valence-corrected chi connectivity index (χ4v) is 1.65. The number of nitrogens with zero attached hydrogens (tertiary/aromatic N) is 1. The van der Waals surface area contributed by atoms with Crippen molar-refractivity contribution >= 4 is 17.6 Å². The minimum Gasteiger partial charge on any atom is -0.456 e. The van der Waals surface area contributed by atoms with Crippen molar-refractivity contribution in [3.63, 3.8) is 0 Å². The van der Waals surface area contributed by atoms with Gasteiger partial charge in [-0.3, -0.25) is 0 Å². The lowest BCUT2D eigenvalue weighted by molar-refractivity contribution is -0.904. The van der Waals surface area contributed by atoms with Gasteiger partial charge in [-0.2, -0.15) is 0 Å². The molecule has 0 amide bonds. The number of hydrogen-bond acceptors (Lipinski definition) is 3. The molecule has 19 heavy (non-hydrogen) atoms. The summed E-state index contributed by atoms with van der Waals surface area (Å²) < 4.78 is 5.78. The molecule has 5 heteroatoms. The molecule has 0 saturated heterocycles. The molecule has 0 saturated carbocycles. The number of carbonyl (C=O) groups is 1. The Hall–Kier alpha value is -0.840. The van der Waals surface area contributed by atoms with Gasteiger partial charge in [-0.1, -0.05) is 18.2 Å². The standard InChI is InChI=1S/C14H25ClNO3/c1-12(2)14(18)19-11-10-16(4,8-5-7-15)9-6-13(3)17/h5,7,13,17H,1,6,8-11H2,2-4H3/q+1. The lowest BCUT2D eigenvalue weighted by Crippen LogP contribution is -2.48. The molecule has 1 N–H and O–H groups in total. The first kappa shape index (κ1) is 18.2. The molecule has 0 aromatic rings. The van der Waals surface area contributed by atoms with E-state index in [4.69, 9.17) is 16.3 Å². The molecule has 2 atom stereocenters. The normalized spacial score (nSPS) is 16.1. The number of hydrogen-bond donors (Lipinski definition) is 1. The zero-order valence-electron chi connectivity index (χ0n) is 12.1. The maximum atomic E-state index is 11.3. The van der Waals surface area contributed by atoms with Crippen molar-refractivity contribution < 1.29 is 19.1 Å². The molecular weight excluding hydrogens is 266 g/mol. The van der Waals surface area contributed by atoms with Crippen molar-refractivity contribution in [3.05, 3.63) is 23.8 Å². The molecule has 0 aromatic heterocycles. The lowest BCUT2D eigenvalue weighted by Gasteiger charge is -2.33. The number of esters is 1. The van der Waals surface area contributed by atoms with Crippen LogP contribution in [-0.4, -0.2) is 55.0 Å². The Morgan fingerprint density at radius 2 is 2.16 bits per heavy atom. The number of ether oxygens (including phenoxy) is 1. The van der Waals surface area contributed by atoms with Crippen LogP contribution in [-0.2, 0) is 9.53 Å². The van der Waals surface area contributed by atoms with Gasteiger partial charge in [0.1, 0.15) is 13.2 Å². The zero-order valence-corrected chi connectivity index (χ0v) is 12.8. The van der Waals surface area contributed by atoms with Crippen LogP contribution in [0.15, 0.2) is 23.8 Å². The molecule has 0 aliphatic heterocycles. The van der Waals surface area contributed by atoms with Crippen molar-refractivity contribution in [3.8, 4) is 0 Å². The summed E-state index contributed by atoms with van der Waals surface area (Å²) in [6.45, 7) is 9.47. The maximum absolute atomic E-state index is 11.3. The van der Waals surface area contributed by atoms with E-state index < -0.39 is 0 Å². The Morgan fingerprint density at radius 3 is 2.63 bits per heavy atom. The van der Waals surface area contributed by atoms with E-state index in [1.807, 2.05) is 13.1 Å². The Morgan fingerprint density at radius 1 is 1.53 bits per heavy atom. The average Bonchev–Trinajstić information content (AvgIpc) is 2.34. The molecule has 0 heterocycles. The molecule has 2 unspecified atom stereocenters. The number of halogens is 1. The summed E-state index contributed by atoms with van der Waals surface area (Å²) in [7, 11) is 2.05. The van der Waals surface area contributed by atoms with Gasteiger partial charge in [-0.25, -0.2) is 4.79 Å². The summed E-state index contributed by atoms with van der Waals surface area (Å²) in [5, 5.41) is 9.38. The summed E-state index contributed by atoms with van der Waals surface area (Å²) in [4.78, 5) is 11.3. The fourth-order valence-electron chi connectivity index (χ4n) is 1.57. The molecule has 0 rings (SSSR count). The zero-order chi connectivity index (χ0) is 14.9. The Balaban J connectivity index is 4.33. The third-order valence-corrected chi connectivity index (χ3v) is 3.11. The third kappa shape index (κ3) is 8.81. The summed E-state index contributed by atoms with van der Waals surface area (Å²) in [5.74, 6) is -0.366. The second-order valence-corrected chi connectivity index (χ2v) is 5.42. The average molecular weight is 291 g/mol. The summed E-state index contributed by atoms with van der Waals surface area (Å²) in [6.07, 6.45) is 2.22. The highest BCUT2D eigenvalue weighted by Gasteiger charge is 2.21. The second kappa shape index (κ2) is 9.13. The number of likely N-dealkylation sites (N-methyl/N-ethyl adjacent to an activating group) is 1. The van der Waals surface area contributed by atoms with E-state index in [0.29, 0.717) is 29.6 Å². The van der Waals surface area contributed by atoms with E-state index in [1.165, 1.54) is 5.54 Å². The van der Waals surface area contributed by atoms with Crippen LogP contribution in [0.25, 0.3) is 0 Å². The van der Waals surface area contributed by atoms with Gasteiger partial charge in [-0.15, -0.1) is 0 Å². The highest BCUT2D eigenvalue weighted by Crippen LogP contribution is 2.07. The summed E-state index contributed by atoms with van der Waals surface area (Å²) in [6, 6.07) is 0. The molecule has 0 fully saturated rings. The SMILES string of the molecule is C=C(C)C(=O)OCC[N+](C)(CC=CCl)CCC(C)O. The van der Waals surface area contributed by atoms with Gasteiger partial charge >= 0.3 is 5.97 Å². The quantitative estimate of drug-likeness (QED) is 0.402. The number of rotatable bonds is 9. The molecule has 110 valence electrons. The fraction of sp³-hybridized carbons (Fsp3) is 0.643. The van der Waals surface area contributed by atoms with Crippen LogP contribution in [0.2, 0.25) is 0 Å². The van der Waals surface area contributed by atoms with Crippen molar-refractivity contribution in [2.45, 2.75) is 26.4 Å². The largest absolute Gasteiger partial charge is 0.456 e. The molecule has 0 radical (unpaired) electrons. The van der Waals surface area contributed by atoms with Gasteiger partial charge in [0.2, 0.25) is 0 Å². The van der Waals surface area contributed by atoms with Crippen LogP contribution in [0.3, 0.4) is 0 Å². The van der Waals surface area contributed by atoms with Crippen LogP contribution in [0.5, 0.6) is 0 Å². The van der Waals surface area contributed by atoms with Gasteiger partial charge in [0.25, 0.3) is 0 Å².